The van der Waals surface area contributed by atoms with E-state index < -0.39 is 9.84 Å². The van der Waals surface area contributed by atoms with Gasteiger partial charge in [0.2, 0.25) is 0 Å². The molecular formula is C11H13BrO3S. The highest BCUT2D eigenvalue weighted by atomic mass is 79.9. The van der Waals surface area contributed by atoms with Crippen LogP contribution in [0.5, 0.6) is 5.75 Å². The van der Waals surface area contributed by atoms with Gasteiger partial charge in [-0.2, -0.15) is 0 Å². The highest BCUT2D eigenvalue weighted by Gasteiger charge is 2.32. The third kappa shape index (κ3) is 1.98. The van der Waals surface area contributed by atoms with Gasteiger partial charge in [0.1, 0.15) is 5.75 Å². The van der Waals surface area contributed by atoms with Crippen LogP contribution >= 0.6 is 15.9 Å². The van der Waals surface area contributed by atoms with Crippen LogP contribution in [0.1, 0.15) is 19.3 Å². The molecule has 2 rings (SSSR count). The number of hydrogen-bond donors (Lipinski definition) is 0. The van der Waals surface area contributed by atoms with Crippen molar-refractivity contribution in [3.05, 3.63) is 22.7 Å². The summed E-state index contributed by atoms with van der Waals surface area (Å²) in [6.45, 7) is 0. The Morgan fingerprint density at radius 1 is 1.38 bits per heavy atom. The van der Waals surface area contributed by atoms with E-state index >= 15 is 0 Å². The van der Waals surface area contributed by atoms with E-state index in [-0.39, 0.29) is 5.25 Å². The zero-order valence-corrected chi connectivity index (χ0v) is 11.3. The minimum absolute atomic E-state index is 0.187. The molecule has 0 atom stereocenters. The SMILES string of the molecule is COc1ccc(S(=O)(=O)C2CCC2)cc1Br. The van der Waals surface area contributed by atoms with Gasteiger partial charge in [0.25, 0.3) is 0 Å². The zero-order valence-electron chi connectivity index (χ0n) is 8.94. The summed E-state index contributed by atoms with van der Waals surface area (Å²) in [6.07, 6.45) is 2.58. The van der Waals surface area contributed by atoms with E-state index in [0.717, 1.165) is 19.3 Å². The maximum Gasteiger partial charge on any atom is 0.181 e. The molecule has 5 heteroatoms. The topological polar surface area (TPSA) is 43.4 Å². The van der Waals surface area contributed by atoms with Crippen molar-refractivity contribution in [1.29, 1.82) is 0 Å². The molecule has 0 bridgehead atoms. The van der Waals surface area contributed by atoms with Crippen LogP contribution in [0.4, 0.5) is 0 Å². The minimum atomic E-state index is -3.14. The third-order valence-corrected chi connectivity index (χ3v) is 5.82. The molecule has 1 saturated carbocycles. The zero-order chi connectivity index (χ0) is 11.8. The molecule has 1 aliphatic carbocycles. The number of benzene rings is 1. The average molecular weight is 305 g/mol. The first-order chi connectivity index (χ1) is 7.55. The molecule has 0 N–H and O–H groups in total. The first-order valence-electron chi connectivity index (χ1n) is 5.13. The van der Waals surface area contributed by atoms with Gasteiger partial charge >= 0.3 is 0 Å². The Balaban J connectivity index is 2.37. The Morgan fingerprint density at radius 3 is 2.50 bits per heavy atom. The van der Waals surface area contributed by atoms with Crippen molar-refractivity contribution in [3.63, 3.8) is 0 Å². The molecule has 0 radical (unpaired) electrons. The molecule has 16 heavy (non-hydrogen) atoms. The maximum atomic E-state index is 12.1. The Hall–Kier alpha value is -0.550. The van der Waals surface area contributed by atoms with Crippen LogP contribution in [0.15, 0.2) is 27.6 Å². The fraction of sp³-hybridized carbons (Fsp3) is 0.455. The fourth-order valence-electron chi connectivity index (χ4n) is 1.70. The van der Waals surface area contributed by atoms with Crippen molar-refractivity contribution >= 4 is 25.8 Å². The lowest BCUT2D eigenvalue weighted by Crippen LogP contribution is -2.28. The molecule has 88 valence electrons. The van der Waals surface area contributed by atoms with Crippen LogP contribution in [0.2, 0.25) is 0 Å². The van der Waals surface area contributed by atoms with Crippen molar-refractivity contribution < 1.29 is 13.2 Å². The molecule has 0 heterocycles. The predicted octanol–water partition coefficient (Wildman–Crippen LogP) is 2.78. The molecule has 1 fully saturated rings. The number of ether oxygens (including phenoxy) is 1. The Labute approximate surface area is 104 Å². The first kappa shape index (κ1) is 11.9. The lowest BCUT2D eigenvalue weighted by molar-refractivity contribution is 0.411. The Bertz CT molecular complexity index is 492. The number of hydrogen-bond acceptors (Lipinski definition) is 3. The van der Waals surface area contributed by atoms with E-state index in [2.05, 4.69) is 15.9 Å². The van der Waals surface area contributed by atoms with Crippen LogP contribution in [-0.4, -0.2) is 20.8 Å². The van der Waals surface area contributed by atoms with Crippen molar-refractivity contribution in [3.8, 4) is 5.75 Å². The summed E-state index contributed by atoms with van der Waals surface area (Å²) in [5.74, 6) is 0.646. The van der Waals surface area contributed by atoms with Gasteiger partial charge in [0.15, 0.2) is 9.84 Å². The Morgan fingerprint density at radius 2 is 2.06 bits per heavy atom. The molecule has 3 nitrogen and oxygen atoms in total. The molecule has 1 aliphatic rings. The monoisotopic (exact) mass is 304 g/mol. The van der Waals surface area contributed by atoms with Crippen LogP contribution in [0, 0.1) is 0 Å². The molecule has 0 amide bonds. The number of sulfone groups is 1. The van der Waals surface area contributed by atoms with Crippen LogP contribution in [0.3, 0.4) is 0 Å². The van der Waals surface area contributed by atoms with Crippen molar-refractivity contribution in [2.75, 3.05) is 7.11 Å². The standard InChI is InChI=1S/C11H13BrO3S/c1-15-11-6-5-9(7-10(11)12)16(13,14)8-3-2-4-8/h5-8H,2-4H2,1H3. The van der Waals surface area contributed by atoms with Crippen LogP contribution in [0.25, 0.3) is 0 Å². The first-order valence-corrected chi connectivity index (χ1v) is 7.47. The summed E-state index contributed by atoms with van der Waals surface area (Å²) in [6, 6.07) is 4.90. The van der Waals surface area contributed by atoms with Gasteiger partial charge in [-0.25, -0.2) is 8.42 Å². The fourth-order valence-corrected chi connectivity index (χ4v) is 4.27. The smallest absolute Gasteiger partial charge is 0.181 e. The van der Waals surface area contributed by atoms with Gasteiger partial charge in [-0.3, -0.25) is 0 Å². The van der Waals surface area contributed by atoms with E-state index in [9.17, 15) is 8.42 Å². The van der Waals surface area contributed by atoms with Gasteiger partial charge in [0, 0.05) is 0 Å². The third-order valence-electron chi connectivity index (χ3n) is 2.94. The van der Waals surface area contributed by atoms with Gasteiger partial charge in [0.05, 0.1) is 21.7 Å². The normalized spacial score (nSPS) is 16.9. The lowest BCUT2D eigenvalue weighted by atomic mass is 10.00. The van der Waals surface area contributed by atoms with E-state index in [1.165, 1.54) is 0 Å². The van der Waals surface area contributed by atoms with Crippen LogP contribution < -0.4 is 4.74 Å². The molecule has 0 unspecified atom stereocenters. The largest absolute Gasteiger partial charge is 0.496 e. The van der Waals surface area contributed by atoms with Crippen molar-refractivity contribution in [2.24, 2.45) is 0 Å². The Kier molecular flexibility index (Phi) is 3.26. The number of methoxy groups -OCH3 is 1. The molecule has 1 aromatic rings. The molecule has 0 aromatic heterocycles. The van der Waals surface area contributed by atoms with Gasteiger partial charge in [-0.15, -0.1) is 0 Å². The molecule has 0 aliphatic heterocycles. The lowest BCUT2D eigenvalue weighted by Gasteiger charge is -2.25. The quantitative estimate of drug-likeness (QED) is 0.862. The predicted molar refractivity (Wildman–Crippen MR) is 65.5 cm³/mol. The van der Waals surface area contributed by atoms with Gasteiger partial charge in [-0.1, -0.05) is 6.42 Å². The molecule has 0 spiro atoms. The van der Waals surface area contributed by atoms with E-state index in [0.29, 0.717) is 15.1 Å². The maximum absolute atomic E-state index is 12.1. The summed E-state index contributed by atoms with van der Waals surface area (Å²) in [7, 11) is -1.58. The highest BCUT2D eigenvalue weighted by Crippen LogP contribution is 2.34. The van der Waals surface area contributed by atoms with Crippen molar-refractivity contribution in [1.82, 2.24) is 0 Å². The second kappa shape index (κ2) is 4.37. The summed E-state index contributed by atoms with van der Waals surface area (Å²) in [5, 5.41) is -0.187. The number of halogens is 1. The average Bonchev–Trinajstić information content (AvgIpc) is 2.14. The second-order valence-corrected chi connectivity index (χ2v) is 6.98. The summed E-state index contributed by atoms with van der Waals surface area (Å²) >= 11 is 3.30. The van der Waals surface area contributed by atoms with Gasteiger partial charge in [-0.05, 0) is 47.0 Å². The molecule has 0 saturated heterocycles. The summed E-state index contributed by atoms with van der Waals surface area (Å²) in [4.78, 5) is 0.380. The van der Waals surface area contributed by atoms with Gasteiger partial charge < -0.3 is 4.74 Å². The van der Waals surface area contributed by atoms with Crippen LogP contribution in [-0.2, 0) is 9.84 Å². The van der Waals surface area contributed by atoms with E-state index in [1.54, 1.807) is 25.3 Å². The number of rotatable bonds is 3. The summed E-state index contributed by atoms with van der Waals surface area (Å²) in [5.41, 5.74) is 0. The highest BCUT2D eigenvalue weighted by molar-refractivity contribution is 9.10. The summed E-state index contributed by atoms with van der Waals surface area (Å²) < 4.78 is 30.0. The second-order valence-electron chi connectivity index (χ2n) is 3.89. The minimum Gasteiger partial charge on any atom is -0.496 e. The molecular weight excluding hydrogens is 292 g/mol. The van der Waals surface area contributed by atoms with E-state index in [1.807, 2.05) is 0 Å². The van der Waals surface area contributed by atoms with E-state index in [4.69, 9.17) is 4.74 Å². The molecule has 1 aromatic carbocycles. The van der Waals surface area contributed by atoms with Crippen molar-refractivity contribution in [2.45, 2.75) is 29.4 Å².